The first kappa shape index (κ1) is 21.3. The molecule has 1 unspecified atom stereocenters. The third kappa shape index (κ3) is 3.54. The van der Waals surface area contributed by atoms with E-state index in [1.807, 2.05) is 6.07 Å². The molecule has 5 heteroatoms. The number of unbranched alkanes of at least 4 members (excludes halogenated alkanes) is 2. The average molecular weight is 414 g/mol. The Hall–Kier alpha value is -1.91. The van der Waals surface area contributed by atoms with E-state index < -0.39 is 0 Å². The standard InChI is InChI=1S/C25H36FN3O/c1-5-6-7-11-21-20(17-9-8-10-19(26)14-17)16-29(28-21)23(30)27-22-15-18-12-13-25(22,4)24(18,2)3/h8-10,14,18,20,22H,5-7,11-13,15-16H2,1-4H3,(H,27,30)/t18-,20?,22+,25+/m1/s1. The molecule has 0 spiro atoms. The van der Waals surface area contributed by atoms with Crippen molar-refractivity contribution < 1.29 is 9.18 Å². The Bertz CT molecular complexity index is 835. The van der Waals surface area contributed by atoms with Gasteiger partial charge in [-0.05, 0) is 66.5 Å². The van der Waals surface area contributed by atoms with E-state index in [0.29, 0.717) is 12.5 Å². The molecule has 2 aliphatic carbocycles. The molecular formula is C25H36FN3O. The van der Waals surface area contributed by atoms with Crippen molar-refractivity contribution in [1.29, 1.82) is 0 Å². The summed E-state index contributed by atoms with van der Waals surface area (Å²) in [5.41, 5.74) is 2.31. The van der Waals surface area contributed by atoms with Crippen LogP contribution in [0.3, 0.4) is 0 Å². The number of hydrogen-bond acceptors (Lipinski definition) is 2. The Kier molecular flexibility index (Phi) is 5.67. The summed E-state index contributed by atoms with van der Waals surface area (Å²) < 4.78 is 13.8. The molecule has 164 valence electrons. The van der Waals surface area contributed by atoms with E-state index in [-0.39, 0.29) is 34.6 Å². The molecule has 4 rings (SSSR count). The fourth-order valence-corrected chi connectivity index (χ4v) is 6.12. The number of benzene rings is 1. The molecule has 1 aromatic carbocycles. The van der Waals surface area contributed by atoms with Crippen molar-refractivity contribution in [3.8, 4) is 0 Å². The third-order valence-corrected chi connectivity index (χ3v) is 8.62. The van der Waals surface area contributed by atoms with Crippen molar-refractivity contribution in [1.82, 2.24) is 10.3 Å². The topological polar surface area (TPSA) is 44.7 Å². The van der Waals surface area contributed by atoms with Gasteiger partial charge in [0.2, 0.25) is 0 Å². The van der Waals surface area contributed by atoms with Gasteiger partial charge in [-0.2, -0.15) is 5.10 Å². The van der Waals surface area contributed by atoms with Crippen LogP contribution in [0.25, 0.3) is 0 Å². The molecule has 1 heterocycles. The minimum Gasteiger partial charge on any atom is -0.333 e. The average Bonchev–Trinajstić information content (AvgIpc) is 3.28. The molecule has 1 N–H and O–H groups in total. The van der Waals surface area contributed by atoms with E-state index in [1.54, 1.807) is 17.1 Å². The van der Waals surface area contributed by atoms with Gasteiger partial charge in [0, 0.05) is 17.7 Å². The van der Waals surface area contributed by atoms with Crippen molar-refractivity contribution >= 4 is 11.7 Å². The molecule has 0 radical (unpaired) electrons. The Morgan fingerprint density at radius 1 is 1.30 bits per heavy atom. The van der Waals surface area contributed by atoms with Gasteiger partial charge in [-0.1, -0.05) is 52.7 Å². The van der Waals surface area contributed by atoms with Crippen molar-refractivity contribution in [2.75, 3.05) is 6.54 Å². The summed E-state index contributed by atoms with van der Waals surface area (Å²) >= 11 is 0. The highest BCUT2D eigenvalue weighted by atomic mass is 19.1. The highest BCUT2D eigenvalue weighted by molar-refractivity contribution is 5.94. The lowest BCUT2D eigenvalue weighted by molar-refractivity contribution is 0.118. The van der Waals surface area contributed by atoms with Gasteiger partial charge in [0.25, 0.3) is 0 Å². The lowest BCUT2D eigenvalue weighted by Crippen LogP contribution is -2.50. The predicted octanol–water partition coefficient (Wildman–Crippen LogP) is 6.09. The molecule has 2 saturated carbocycles. The van der Waals surface area contributed by atoms with Crippen molar-refractivity contribution in [3.05, 3.63) is 35.6 Å². The monoisotopic (exact) mass is 413 g/mol. The van der Waals surface area contributed by atoms with Gasteiger partial charge in [0.1, 0.15) is 5.82 Å². The van der Waals surface area contributed by atoms with Crippen LogP contribution >= 0.6 is 0 Å². The highest BCUT2D eigenvalue weighted by Gasteiger charge is 2.61. The first-order chi connectivity index (χ1) is 14.3. The second-order valence-corrected chi connectivity index (χ2v) is 10.4. The summed E-state index contributed by atoms with van der Waals surface area (Å²) in [5, 5.41) is 9.65. The molecule has 0 aromatic heterocycles. The number of rotatable bonds is 6. The van der Waals surface area contributed by atoms with Crippen LogP contribution in [0.2, 0.25) is 0 Å². The van der Waals surface area contributed by atoms with Crippen LogP contribution in [-0.4, -0.2) is 29.3 Å². The first-order valence-corrected chi connectivity index (χ1v) is 11.7. The number of hydrogen-bond donors (Lipinski definition) is 1. The van der Waals surface area contributed by atoms with Crippen molar-refractivity contribution in [2.24, 2.45) is 21.8 Å². The SMILES string of the molecule is CCCCCC1=NN(C(=O)N[C@H]2C[C@H]3CC[C@]2(C)C3(C)C)CC1c1cccc(F)c1. The molecule has 0 saturated heterocycles. The molecule has 4 atom stereocenters. The predicted molar refractivity (Wildman–Crippen MR) is 119 cm³/mol. The lowest BCUT2D eigenvalue weighted by Gasteiger charge is -2.39. The smallest absolute Gasteiger partial charge is 0.333 e. The van der Waals surface area contributed by atoms with Gasteiger partial charge in [0.15, 0.2) is 0 Å². The van der Waals surface area contributed by atoms with Crippen LogP contribution in [-0.2, 0) is 0 Å². The summed E-state index contributed by atoms with van der Waals surface area (Å²) in [7, 11) is 0. The van der Waals surface area contributed by atoms with E-state index in [4.69, 9.17) is 5.10 Å². The van der Waals surface area contributed by atoms with Crippen LogP contribution in [0.15, 0.2) is 29.4 Å². The molecule has 30 heavy (non-hydrogen) atoms. The van der Waals surface area contributed by atoms with Crippen LogP contribution in [0.1, 0.15) is 84.1 Å². The zero-order chi connectivity index (χ0) is 21.5. The van der Waals surface area contributed by atoms with E-state index in [9.17, 15) is 9.18 Å². The minimum absolute atomic E-state index is 0.0182. The molecule has 2 fully saturated rings. The van der Waals surface area contributed by atoms with E-state index >= 15 is 0 Å². The number of nitrogens with zero attached hydrogens (tertiary/aromatic N) is 2. The summed E-state index contributed by atoms with van der Waals surface area (Å²) in [6.45, 7) is 9.72. The number of amides is 2. The van der Waals surface area contributed by atoms with Crippen LogP contribution in [0.5, 0.6) is 0 Å². The van der Waals surface area contributed by atoms with Gasteiger partial charge < -0.3 is 5.32 Å². The van der Waals surface area contributed by atoms with Crippen LogP contribution in [0.4, 0.5) is 9.18 Å². The largest absolute Gasteiger partial charge is 0.338 e. The number of hydrazone groups is 1. The number of nitrogens with one attached hydrogen (secondary N) is 1. The second kappa shape index (κ2) is 7.97. The first-order valence-electron chi connectivity index (χ1n) is 11.7. The van der Waals surface area contributed by atoms with Crippen molar-refractivity contribution in [3.63, 3.8) is 0 Å². The molecular weight excluding hydrogens is 377 g/mol. The normalized spacial score (nSPS) is 31.8. The maximum Gasteiger partial charge on any atom is 0.338 e. The molecule has 1 aliphatic heterocycles. The Labute approximate surface area is 180 Å². The number of carbonyl (C=O) groups excluding carboxylic acids is 1. The number of urea groups is 1. The Morgan fingerprint density at radius 3 is 2.73 bits per heavy atom. The maximum absolute atomic E-state index is 13.8. The third-order valence-electron chi connectivity index (χ3n) is 8.62. The van der Waals surface area contributed by atoms with E-state index in [1.165, 1.54) is 18.9 Å². The number of carbonyl (C=O) groups is 1. The zero-order valence-electron chi connectivity index (χ0n) is 18.9. The summed E-state index contributed by atoms with van der Waals surface area (Å²) in [4.78, 5) is 13.2. The Balaban J connectivity index is 1.49. The quantitative estimate of drug-likeness (QED) is 0.564. The Morgan fingerprint density at radius 2 is 2.10 bits per heavy atom. The van der Waals surface area contributed by atoms with E-state index in [2.05, 4.69) is 33.0 Å². The van der Waals surface area contributed by atoms with Crippen molar-refractivity contribution in [2.45, 2.75) is 84.6 Å². The van der Waals surface area contributed by atoms with Gasteiger partial charge in [-0.25, -0.2) is 14.2 Å². The fourth-order valence-electron chi connectivity index (χ4n) is 6.12. The van der Waals surface area contributed by atoms with E-state index in [0.717, 1.165) is 43.4 Å². The fraction of sp³-hybridized carbons (Fsp3) is 0.680. The lowest BCUT2D eigenvalue weighted by atomic mass is 9.69. The van der Waals surface area contributed by atoms with Crippen LogP contribution < -0.4 is 5.32 Å². The maximum atomic E-state index is 13.8. The summed E-state index contributed by atoms with van der Waals surface area (Å²) in [6, 6.07) is 6.84. The minimum atomic E-state index is -0.236. The van der Waals surface area contributed by atoms with Gasteiger partial charge in [-0.3, -0.25) is 0 Å². The second-order valence-electron chi connectivity index (χ2n) is 10.4. The van der Waals surface area contributed by atoms with Gasteiger partial charge in [-0.15, -0.1) is 0 Å². The summed E-state index contributed by atoms with van der Waals surface area (Å²) in [6.07, 6.45) is 7.68. The summed E-state index contributed by atoms with van der Waals surface area (Å²) in [5.74, 6) is 0.426. The molecule has 2 bridgehead atoms. The number of fused-ring (bicyclic) bond motifs is 2. The highest BCUT2D eigenvalue weighted by Crippen LogP contribution is 2.65. The number of halogens is 1. The van der Waals surface area contributed by atoms with Gasteiger partial charge in [0.05, 0.1) is 6.54 Å². The molecule has 2 amide bonds. The van der Waals surface area contributed by atoms with Crippen LogP contribution in [0, 0.1) is 22.6 Å². The molecule has 4 nitrogen and oxygen atoms in total. The molecule has 1 aromatic rings. The van der Waals surface area contributed by atoms with Gasteiger partial charge >= 0.3 is 6.03 Å². The zero-order valence-corrected chi connectivity index (χ0v) is 18.9. The molecule has 3 aliphatic rings.